The first-order chi connectivity index (χ1) is 16.8. The number of hydrogen-bond acceptors (Lipinski definition) is 6. The van der Waals surface area contributed by atoms with Crippen LogP contribution in [-0.4, -0.2) is 47.5 Å². The summed E-state index contributed by atoms with van der Waals surface area (Å²) in [5.41, 5.74) is 8.54. The molecule has 2 heterocycles. The third-order valence-electron chi connectivity index (χ3n) is 6.33. The van der Waals surface area contributed by atoms with Crippen LogP contribution in [0.15, 0.2) is 76.7 Å². The van der Waals surface area contributed by atoms with Gasteiger partial charge < -0.3 is 15.6 Å². The minimum Gasteiger partial charge on any atom is -0.497 e. The van der Waals surface area contributed by atoms with Gasteiger partial charge in [-0.1, -0.05) is 53.5 Å². The number of halogens is 2. The molecule has 0 saturated carbocycles. The van der Waals surface area contributed by atoms with Crippen molar-refractivity contribution in [2.24, 2.45) is 15.7 Å². The van der Waals surface area contributed by atoms with Crippen molar-refractivity contribution in [1.29, 1.82) is 0 Å². The van der Waals surface area contributed by atoms with Gasteiger partial charge in [-0.15, -0.1) is 0 Å². The number of hydrogen-bond donors (Lipinski definition) is 2. The molecule has 9 heteroatoms. The fourth-order valence-corrected chi connectivity index (χ4v) is 5.27. The number of benzene rings is 3. The normalized spacial score (nSPS) is 21.2. The summed E-state index contributed by atoms with van der Waals surface area (Å²) < 4.78 is 5.34. The van der Waals surface area contributed by atoms with Gasteiger partial charge in [0.1, 0.15) is 17.6 Å². The molecule has 0 saturated heterocycles. The molecule has 3 aromatic rings. The van der Waals surface area contributed by atoms with Gasteiger partial charge in [0.15, 0.2) is 11.5 Å². The van der Waals surface area contributed by atoms with Crippen LogP contribution < -0.4 is 10.5 Å². The number of carbonyl (C=O) groups is 1. The van der Waals surface area contributed by atoms with E-state index < -0.39 is 17.6 Å². The molecule has 35 heavy (non-hydrogen) atoms. The number of guanidine groups is 1. The number of amidine groups is 1. The van der Waals surface area contributed by atoms with Gasteiger partial charge in [0.2, 0.25) is 0 Å². The summed E-state index contributed by atoms with van der Waals surface area (Å²) >= 11 is 12.5. The second kappa shape index (κ2) is 8.91. The zero-order chi connectivity index (χ0) is 24.7. The molecule has 5 rings (SSSR count). The lowest BCUT2D eigenvalue weighted by atomic mass is 9.80. The van der Waals surface area contributed by atoms with Crippen molar-refractivity contribution in [1.82, 2.24) is 4.90 Å². The van der Waals surface area contributed by atoms with Crippen molar-refractivity contribution in [3.63, 3.8) is 0 Å². The highest BCUT2D eigenvalue weighted by atomic mass is 35.5. The fraction of sp³-hybridized carbons (Fsp3) is 0.192. The van der Waals surface area contributed by atoms with Gasteiger partial charge in [0, 0.05) is 16.6 Å². The molecule has 0 spiro atoms. The van der Waals surface area contributed by atoms with Crippen LogP contribution in [0.4, 0.5) is 0 Å². The van der Waals surface area contributed by atoms with E-state index >= 15 is 0 Å². The van der Waals surface area contributed by atoms with E-state index in [1.54, 1.807) is 18.1 Å². The molecule has 0 amide bonds. The van der Waals surface area contributed by atoms with E-state index in [0.29, 0.717) is 34.6 Å². The summed E-state index contributed by atoms with van der Waals surface area (Å²) in [5, 5.41) is 10.9. The highest BCUT2D eigenvalue weighted by Gasteiger charge is 2.52. The quantitative estimate of drug-likeness (QED) is 0.515. The van der Waals surface area contributed by atoms with E-state index in [9.17, 15) is 9.90 Å². The molecule has 3 N–H and O–H groups in total. The zero-order valence-corrected chi connectivity index (χ0v) is 20.3. The molecule has 3 aromatic carbocycles. The third kappa shape index (κ3) is 3.90. The Balaban J connectivity index is 1.74. The molecular weight excluding hydrogens is 487 g/mol. The Kier molecular flexibility index (Phi) is 5.91. The number of nitrogens with two attached hydrogens (primary N) is 1. The number of methoxy groups -OCH3 is 1. The van der Waals surface area contributed by atoms with Crippen molar-refractivity contribution < 1.29 is 14.6 Å². The first-order valence-electron chi connectivity index (χ1n) is 11.0. The van der Waals surface area contributed by atoms with Crippen LogP contribution in [0.2, 0.25) is 10.0 Å². The minimum atomic E-state index is -1.14. The van der Waals surface area contributed by atoms with E-state index in [2.05, 4.69) is 0 Å². The first-order valence-corrected chi connectivity index (χ1v) is 11.7. The van der Waals surface area contributed by atoms with Crippen LogP contribution in [0.3, 0.4) is 0 Å². The lowest BCUT2D eigenvalue weighted by Gasteiger charge is -2.36. The summed E-state index contributed by atoms with van der Waals surface area (Å²) in [6, 6.07) is 19.8. The molecule has 2 aliphatic rings. The Morgan fingerprint density at radius 1 is 1.06 bits per heavy atom. The average molecular weight is 509 g/mol. The predicted molar refractivity (Wildman–Crippen MR) is 137 cm³/mol. The number of ether oxygens (including phenoxy) is 1. The number of carboxylic acids is 1. The summed E-state index contributed by atoms with van der Waals surface area (Å²) in [5.74, 6) is 0.318. The molecule has 2 atom stereocenters. The number of carboxylic acid groups (broad SMARTS) is 1. The smallest absolute Gasteiger partial charge is 0.326 e. The van der Waals surface area contributed by atoms with Gasteiger partial charge in [-0.3, -0.25) is 9.89 Å². The summed E-state index contributed by atoms with van der Waals surface area (Å²) in [6.45, 7) is 0.354. The van der Waals surface area contributed by atoms with Crippen LogP contribution in [0.5, 0.6) is 5.75 Å². The van der Waals surface area contributed by atoms with Crippen LogP contribution in [0.25, 0.3) is 11.1 Å². The zero-order valence-electron chi connectivity index (χ0n) is 18.8. The molecule has 0 aromatic heterocycles. The highest BCUT2D eigenvalue weighted by molar-refractivity contribution is 6.35. The molecule has 0 fully saturated rings. The van der Waals surface area contributed by atoms with Crippen LogP contribution >= 0.6 is 23.2 Å². The number of aliphatic imine (C=N–C) groups is 2. The Labute approximate surface area is 212 Å². The maximum Gasteiger partial charge on any atom is 0.326 e. The Bertz CT molecular complexity index is 1350. The number of nitrogens with zero attached hydrogens (tertiary/aromatic N) is 3. The number of fused-ring (bicyclic) bond motifs is 1. The highest BCUT2D eigenvalue weighted by Crippen LogP contribution is 2.44. The Morgan fingerprint density at radius 3 is 2.43 bits per heavy atom. The second-order valence-electron chi connectivity index (χ2n) is 8.37. The van der Waals surface area contributed by atoms with Gasteiger partial charge >= 0.3 is 5.97 Å². The maximum absolute atomic E-state index is 12.1. The van der Waals surface area contributed by atoms with Crippen LogP contribution in [-0.2, 0) is 10.3 Å². The molecule has 0 radical (unpaired) electrons. The van der Waals surface area contributed by atoms with E-state index in [4.69, 9.17) is 43.7 Å². The van der Waals surface area contributed by atoms with Gasteiger partial charge in [0.25, 0.3) is 0 Å². The lowest BCUT2D eigenvalue weighted by Crippen LogP contribution is -2.54. The molecule has 7 nitrogen and oxygen atoms in total. The SMILES string of the molecule is COc1ccc(C2(c3cccc(-c4cc(Cl)cc(Cl)c4)c3)N=C(N)N3C2=NCCC3C(=O)O)cc1. The third-order valence-corrected chi connectivity index (χ3v) is 6.76. The summed E-state index contributed by atoms with van der Waals surface area (Å²) in [4.78, 5) is 23.3. The van der Waals surface area contributed by atoms with Crippen molar-refractivity contribution >= 4 is 41.0 Å². The van der Waals surface area contributed by atoms with Crippen LogP contribution in [0, 0.1) is 0 Å². The fourth-order valence-electron chi connectivity index (χ4n) is 4.74. The standard InChI is InChI=1S/C26H22Cl2N4O3/c1-35-21-7-5-17(6-8-21)26(24-30-10-9-22(23(33)34)32(24)25(29)31-26)18-4-2-3-15(11-18)16-12-19(27)14-20(28)13-16/h2-8,11-14,22H,9-10H2,1H3,(H2,29,31)(H,33,34). The van der Waals surface area contributed by atoms with Crippen molar-refractivity contribution in [3.8, 4) is 16.9 Å². The average Bonchev–Trinajstić information content (AvgIpc) is 3.17. The second-order valence-corrected chi connectivity index (χ2v) is 9.24. The van der Waals surface area contributed by atoms with E-state index in [0.717, 1.165) is 22.3 Å². The first kappa shape index (κ1) is 23.2. The van der Waals surface area contributed by atoms with Gasteiger partial charge in [-0.25, -0.2) is 9.79 Å². The Morgan fingerprint density at radius 2 is 1.77 bits per heavy atom. The summed E-state index contributed by atoms with van der Waals surface area (Å²) in [7, 11) is 1.60. The van der Waals surface area contributed by atoms with Gasteiger partial charge in [0.05, 0.1) is 7.11 Å². The molecule has 2 unspecified atom stereocenters. The Hall–Kier alpha value is -3.55. The molecular formula is C26H22Cl2N4O3. The monoisotopic (exact) mass is 508 g/mol. The van der Waals surface area contributed by atoms with Gasteiger partial charge in [-0.2, -0.15) is 0 Å². The molecule has 0 bridgehead atoms. The van der Waals surface area contributed by atoms with E-state index in [-0.39, 0.29) is 5.96 Å². The van der Waals surface area contributed by atoms with Crippen LogP contribution in [0.1, 0.15) is 17.5 Å². The molecule has 178 valence electrons. The molecule has 0 aliphatic carbocycles. The largest absolute Gasteiger partial charge is 0.497 e. The van der Waals surface area contributed by atoms with E-state index in [1.165, 1.54) is 0 Å². The topological polar surface area (TPSA) is 101 Å². The lowest BCUT2D eigenvalue weighted by molar-refractivity contribution is -0.141. The summed E-state index contributed by atoms with van der Waals surface area (Å²) in [6.07, 6.45) is 0.342. The molecule has 2 aliphatic heterocycles. The van der Waals surface area contributed by atoms with Gasteiger partial charge in [-0.05, 0) is 65.1 Å². The van der Waals surface area contributed by atoms with Crippen molar-refractivity contribution in [2.75, 3.05) is 13.7 Å². The predicted octanol–water partition coefficient (Wildman–Crippen LogP) is 4.80. The van der Waals surface area contributed by atoms with Crippen molar-refractivity contribution in [3.05, 3.63) is 87.9 Å². The minimum absolute atomic E-state index is 0.114. The van der Waals surface area contributed by atoms with E-state index in [1.807, 2.05) is 60.7 Å². The van der Waals surface area contributed by atoms with Crippen molar-refractivity contribution in [2.45, 2.75) is 18.0 Å². The number of aliphatic carboxylic acids is 1. The number of rotatable bonds is 5. The maximum atomic E-state index is 12.1.